The predicted molar refractivity (Wildman–Crippen MR) is 84.3 cm³/mol. The van der Waals surface area contributed by atoms with E-state index >= 15 is 0 Å². The van der Waals surface area contributed by atoms with Crippen LogP contribution in [-0.2, 0) is 14.3 Å². The molecule has 0 radical (unpaired) electrons. The summed E-state index contributed by atoms with van der Waals surface area (Å²) in [4.78, 5) is 12.9. The maximum atomic E-state index is 12.9. The molecule has 126 valence electrons. The summed E-state index contributed by atoms with van der Waals surface area (Å²) in [5, 5.41) is 3.21. The molecule has 4 unspecified atom stereocenters. The van der Waals surface area contributed by atoms with E-state index in [0.29, 0.717) is 5.92 Å². The lowest BCUT2D eigenvalue weighted by atomic mass is 9.46. The van der Waals surface area contributed by atoms with E-state index in [4.69, 9.17) is 15.2 Å². The minimum Gasteiger partial charge on any atom is -0.381 e. The van der Waals surface area contributed by atoms with E-state index in [1.165, 1.54) is 0 Å². The first kappa shape index (κ1) is 16.2. The fourth-order valence-corrected chi connectivity index (χ4v) is 4.70. The van der Waals surface area contributed by atoms with Gasteiger partial charge in [0.05, 0.1) is 6.10 Å². The highest BCUT2D eigenvalue weighted by molar-refractivity contribution is 5.89. The second kappa shape index (κ2) is 5.77. The van der Waals surface area contributed by atoms with Crippen molar-refractivity contribution in [2.24, 2.45) is 23.0 Å². The summed E-state index contributed by atoms with van der Waals surface area (Å²) in [6, 6.07) is 0.149. The van der Waals surface area contributed by atoms with Gasteiger partial charge in [0, 0.05) is 37.2 Å². The zero-order valence-electron chi connectivity index (χ0n) is 14.1. The maximum absolute atomic E-state index is 12.9. The van der Waals surface area contributed by atoms with Gasteiger partial charge in [0.2, 0.25) is 5.91 Å². The van der Waals surface area contributed by atoms with Crippen molar-refractivity contribution in [3.05, 3.63) is 0 Å². The Balaban J connectivity index is 1.68. The van der Waals surface area contributed by atoms with Crippen LogP contribution in [0, 0.1) is 17.3 Å². The Bertz CT molecular complexity index is 434. The Morgan fingerprint density at radius 1 is 1.23 bits per heavy atom. The van der Waals surface area contributed by atoms with E-state index in [-0.39, 0.29) is 29.4 Å². The topological polar surface area (TPSA) is 73.6 Å². The van der Waals surface area contributed by atoms with Gasteiger partial charge < -0.3 is 20.5 Å². The van der Waals surface area contributed by atoms with Gasteiger partial charge in [-0.2, -0.15) is 0 Å². The number of carbonyl (C=O) groups is 1. The Labute approximate surface area is 133 Å². The van der Waals surface area contributed by atoms with E-state index in [0.717, 1.165) is 45.5 Å². The first-order chi connectivity index (χ1) is 10.4. The molecule has 0 aromatic rings. The van der Waals surface area contributed by atoms with Crippen LogP contribution in [0.15, 0.2) is 0 Å². The van der Waals surface area contributed by atoms with Crippen LogP contribution in [0.4, 0.5) is 0 Å². The van der Waals surface area contributed by atoms with Gasteiger partial charge >= 0.3 is 0 Å². The SMILES string of the molecule is CC(NC(=O)C1(N)C2CCCOC2C1(C)C)C1CCOCC1. The first-order valence-electron chi connectivity index (χ1n) is 8.68. The molecule has 0 aromatic heterocycles. The van der Waals surface area contributed by atoms with Gasteiger partial charge in [0.1, 0.15) is 5.54 Å². The van der Waals surface area contributed by atoms with Crippen LogP contribution in [-0.4, -0.2) is 43.4 Å². The monoisotopic (exact) mass is 310 g/mol. The normalized spacial score (nSPS) is 39.5. The predicted octanol–water partition coefficient (Wildman–Crippen LogP) is 1.45. The third-order valence-corrected chi connectivity index (χ3v) is 6.39. The minimum atomic E-state index is -0.808. The summed E-state index contributed by atoms with van der Waals surface area (Å²) in [7, 11) is 0. The Hall–Kier alpha value is -0.650. The van der Waals surface area contributed by atoms with E-state index in [1.807, 2.05) is 0 Å². The van der Waals surface area contributed by atoms with Crippen molar-refractivity contribution >= 4 is 5.91 Å². The summed E-state index contributed by atoms with van der Waals surface area (Å²) in [5.41, 5.74) is 5.52. The molecule has 0 bridgehead atoms. The molecule has 3 N–H and O–H groups in total. The van der Waals surface area contributed by atoms with E-state index < -0.39 is 5.54 Å². The Morgan fingerprint density at radius 3 is 2.59 bits per heavy atom. The molecule has 3 aliphatic rings. The lowest BCUT2D eigenvalue weighted by Crippen LogP contribution is -2.82. The van der Waals surface area contributed by atoms with Crippen molar-refractivity contribution in [1.82, 2.24) is 5.32 Å². The molecular formula is C17H30N2O3. The number of carbonyl (C=O) groups excluding carboxylic acids is 1. The lowest BCUT2D eigenvalue weighted by Gasteiger charge is -2.65. The van der Waals surface area contributed by atoms with Gasteiger partial charge in [-0.25, -0.2) is 0 Å². The van der Waals surface area contributed by atoms with Crippen molar-refractivity contribution in [2.45, 2.75) is 64.1 Å². The molecule has 2 saturated heterocycles. The third-order valence-electron chi connectivity index (χ3n) is 6.39. The number of nitrogens with one attached hydrogen (secondary N) is 1. The van der Waals surface area contributed by atoms with Crippen LogP contribution < -0.4 is 11.1 Å². The van der Waals surface area contributed by atoms with E-state index in [1.54, 1.807) is 0 Å². The van der Waals surface area contributed by atoms with Gasteiger partial charge in [-0.15, -0.1) is 0 Å². The molecule has 3 fully saturated rings. The molecule has 22 heavy (non-hydrogen) atoms. The highest BCUT2D eigenvalue weighted by Crippen LogP contribution is 2.57. The van der Waals surface area contributed by atoms with E-state index in [2.05, 4.69) is 26.1 Å². The van der Waals surface area contributed by atoms with Crippen molar-refractivity contribution in [3.8, 4) is 0 Å². The number of hydrogen-bond donors (Lipinski definition) is 2. The average Bonchev–Trinajstić information content (AvgIpc) is 2.54. The van der Waals surface area contributed by atoms with Gasteiger partial charge in [-0.05, 0) is 38.5 Å². The number of ether oxygens (including phenoxy) is 2. The minimum absolute atomic E-state index is 0.00300. The molecule has 1 saturated carbocycles. The quantitative estimate of drug-likeness (QED) is 0.827. The van der Waals surface area contributed by atoms with Crippen molar-refractivity contribution in [3.63, 3.8) is 0 Å². The van der Waals surface area contributed by atoms with Crippen LogP contribution in [0.5, 0.6) is 0 Å². The number of hydrogen-bond acceptors (Lipinski definition) is 4. The molecule has 3 rings (SSSR count). The van der Waals surface area contributed by atoms with Crippen molar-refractivity contribution in [2.75, 3.05) is 19.8 Å². The van der Waals surface area contributed by atoms with Crippen molar-refractivity contribution in [1.29, 1.82) is 0 Å². The molecule has 1 amide bonds. The molecule has 0 spiro atoms. The molecule has 4 atom stereocenters. The Morgan fingerprint density at radius 2 is 1.91 bits per heavy atom. The zero-order valence-corrected chi connectivity index (χ0v) is 14.1. The van der Waals surface area contributed by atoms with Gasteiger partial charge in [-0.3, -0.25) is 4.79 Å². The summed E-state index contributed by atoms with van der Waals surface area (Å²) in [6.07, 6.45) is 4.13. The maximum Gasteiger partial charge on any atom is 0.241 e. The fraction of sp³-hybridized carbons (Fsp3) is 0.941. The second-order valence-corrected chi connectivity index (χ2v) is 7.84. The van der Waals surface area contributed by atoms with Gasteiger partial charge in [0.25, 0.3) is 0 Å². The molecule has 1 aliphatic carbocycles. The number of rotatable bonds is 3. The standard InChI is InChI=1S/C17H30N2O3/c1-11(12-6-9-21-10-7-12)19-15(20)17(18)13-5-4-8-22-14(13)16(17,2)3/h11-14H,4-10,18H2,1-3H3,(H,19,20). The number of amides is 1. The molecular weight excluding hydrogens is 280 g/mol. The highest BCUT2D eigenvalue weighted by Gasteiger charge is 2.70. The van der Waals surface area contributed by atoms with Crippen LogP contribution in [0.2, 0.25) is 0 Å². The van der Waals surface area contributed by atoms with Crippen molar-refractivity contribution < 1.29 is 14.3 Å². The summed E-state index contributed by atoms with van der Waals surface area (Å²) in [5.74, 6) is 0.643. The molecule has 0 aromatic carbocycles. The van der Waals surface area contributed by atoms with Crippen LogP contribution in [0.1, 0.15) is 46.5 Å². The highest BCUT2D eigenvalue weighted by atomic mass is 16.5. The smallest absolute Gasteiger partial charge is 0.241 e. The molecule has 2 aliphatic heterocycles. The van der Waals surface area contributed by atoms with Gasteiger partial charge in [-0.1, -0.05) is 13.8 Å². The molecule has 2 heterocycles. The lowest BCUT2D eigenvalue weighted by molar-refractivity contribution is -0.225. The molecule has 5 heteroatoms. The second-order valence-electron chi connectivity index (χ2n) is 7.84. The van der Waals surface area contributed by atoms with Crippen LogP contribution in [0.25, 0.3) is 0 Å². The fourth-order valence-electron chi connectivity index (χ4n) is 4.70. The summed E-state index contributed by atoms with van der Waals surface area (Å²) >= 11 is 0. The Kier molecular flexibility index (Phi) is 4.25. The largest absolute Gasteiger partial charge is 0.381 e. The average molecular weight is 310 g/mol. The summed E-state index contributed by atoms with van der Waals surface area (Å²) in [6.45, 7) is 8.61. The van der Waals surface area contributed by atoms with Crippen LogP contribution in [0.3, 0.4) is 0 Å². The summed E-state index contributed by atoms with van der Waals surface area (Å²) < 4.78 is 11.3. The molecule has 5 nitrogen and oxygen atoms in total. The first-order valence-corrected chi connectivity index (χ1v) is 8.68. The third kappa shape index (κ3) is 2.29. The number of fused-ring (bicyclic) bond motifs is 1. The van der Waals surface area contributed by atoms with Gasteiger partial charge in [0.15, 0.2) is 0 Å². The van der Waals surface area contributed by atoms with E-state index in [9.17, 15) is 4.79 Å². The zero-order chi connectivity index (χ0) is 16.0. The van der Waals surface area contributed by atoms with Crippen LogP contribution >= 0.6 is 0 Å². The number of nitrogens with two attached hydrogens (primary N) is 1.